The topological polar surface area (TPSA) is 58.4 Å². The maximum Gasteiger partial charge on any atom is 0.235 e. The smallest absolute Gasteiger partial charge is 0.235 e. The molecule has 0 aliphatic carbocycles. The molecule has 4 nitrogen and oxygen atoms in total. The van der Waals surface area contributed by atoms with Crippen LogP contribution < -0.4 is 11.1 Å². The van der Waals surface area contributed by atoms with Crippen LogP contribution in [0.25, 0.3) is 0 Å². The number of primary amides is 1. The van der Waals surface area contributed by atoms with Crippen molar-refractivity contribution in [2.45, 2.75) is 18.9 Å². The van der Waals surface area contributed by atoms with Crippen LogP contribution in [0.1, 0.15) is 12.8 Å². The summed E-state index contributed by atoms with van der Waals surface area (Å²) in [5.41, 5.74) is 5.36. The van der Waals surface area contributed by atoms with E-state index in [1.807, 2.05) is 19.0 Å². The van der Waals surface area contributed by atoms with Crippen LogP contribution >= 0.6 is 0 Å². The minimum Gasteiger partial charge on any atom is -0.368 e. The lowest BCUT2D eigenvalue weighted by molar-refractivity contribution is -0.124. The van der Waals surface area contributed by atoms with Gasteiger partial charge in [-0.2, -0.15) is 0 Å². The van der Waals surface area contributed by atoms with Crippen LogP contribution in [0, 0.1) is 5.92 Å². The Bertz CT molecular complexity index is 176. The first-order valence-electron chi connectivity index (χ1n) is 4.79. The first-order valence-corrected chi connectivity index (χ1v) is 4.79. The normalized spacial score (nSPS) is 25.9. The average molecular weight is 185 g/mol. The Hall–Kier alpha value is -0.610. The van der Waals surface area contributed by atoms with Crippen molar-refractivity contribution in [1.82, 2.24) is 10.2 Å². The lowest BCUT2D eigenvalue weighted by Crippen LogP contribution is -2.50. The molecule has 0 spiro atoms. The number of carbonyl (C=O) groups is 1. The molecule has 2 atom stereocenters. The van der Waals surface area contributed by atoms with E-state index in [9.17, 15) is 4.79 Å². The maximum absolute atomic E-state index is 11.2. The van der Waals surface area contributed by atoms with Crippen LogP contribution in [0.3, 0.4) is 0 Å². The van der Waals surface area contributed by atoms with Gasteiger partial charge in [-0.3, -0.25) is 9.69 Å². The summed E-state index contributed by atoms with van der Waals surface area (Å²) in [5, 5.41) is 3.29. The van der Waals surface area contributed by atoms with Crippen LogP contribution in [0.2, 0.25) is 0 Å². The van der Waals surface area contributed by atoms with Gasteiger partial charge in [-0.25, -0.2) is 0 Å². The Morgan fingerprint density at radius 2 is 2.31 bits per heavy atom. The van der Waals surface area contributed by atoms with E-state index in [1.54, 1.807) is 0 Å². The zero-order valence-corrected chi connectivity index (χ0v) is 8.42. The van der Waals surface area contributed by atoms with Crippen LogP contribution in [-0.2, 0) is 4.79 Å². The molecule has 76 valence electrons. The highest BCUT2D eigenvalue weighted by Gasteiger charge is 2.29. The van der Waals surface area contributed by atoms with E-state index in [2.05, 4.69) is 5.32 Å². The molecular weight excluding hydrogens is 166 g/mol. The summed E-state index contributed by atoms with van der Waals surface area (Å²) in [6.45, 7) is 1.97. The molecule has 3 N–H and O–H groups in total. The van der Waals surface area contributed by atoms with Crippen molar-refractivity contribution in [2.24, 2.45) is 11.7 Å². The van der Waals surface area contributed by atoms with E-state index in [0.717, 1.165) is 25.9 Å². The van der Waals surface area contributed by atoms with Gasteiger partial charge in [-0.15, -0.1) is 0 Å². The Morgan fingerprint density at radius 3 is 2.69 bits per heavy atom. The number of amides is 1. The molecule has 1 fully saturated rings. The lowest BCUT2D eigenvalue weighted by atomic mass is 9.90. The van der Waals surface area contributed by atoms with Crippen molar-refractivity contribution in [3.8, 4) is 0 Å². The Morgan fingerprint density at radius 1 is 1.62 bits per heavy atom. The van der Waals surface area contributed by atoms with E-state index < -0.39 is 0 Å². The number of nitrogens with two attached hydrogens (primary N) is 1. The van der Waals surface area contributed by atoms with Gasteiger partial charge < -0.3 is 11.1 Å². The van der Waals surface area contributed by atoms with Gasteiger partial charge in [-0.05, 0) is 45.9 Å². The molecular formula is C9H19N3O. The second-order valence-electron chi connectivity index (χ2n) is 3.92. The Kier molecular flexibility index (Phi) is 3.69. The first-order chi connectivity index (χ1) is 6.13. The van der Waals surface area contributed by atoms with Gasteiger partial charge in [0.15, 0.2) is 0 Å². The van der Waals surface area contributed by atoms with E-state index in [1.165, 1.54) is 0 Å². The summed E-state index contributed by atoms with van der Waals surface area (Å²) >= 11 is 0. The molecule has 1 saturated heterocycles. The van der Waals surface area contributed by atoms with Crippen molar-refractivity contribution in [3.05, 3.63) is 0 Å². The van der Waals surface area contributed by atoms with Crippen molar-refractivity contribution in [1.29, 1.82) is 0 Å². The van der Waals surface area contributed by atoms with E-state index in [-0.39, 0.29) is 11.9 Å². The van der Waals surface area contributed by atoms with E-state index >= 15 is 0 Å². The van der Waals surface area contributed by atoms with E-state index in [4.69, 9.17) is 5.73 Å². The summed E-state index contributed by atoms with van der Waals surface area (Å²) < 4.78 is 0. The van der Waals surface area contributed by atoms with Crippen LogP contribution in [0.5, 0.6) is 0 Å². The maximum atomic E-state index is 11.2. The number of nitrogens with zero attached hydrogens (tertiary/aromatic N) is 1. The van der Waals surface area contributed by atoms with Gasteiger partial charge in [0.1, 0.15) is 0 Å². The van der Waals surface area contributed by atoms with Crippen molar-refractivity contribution in [2.75, 3.05) is 27.2 Å². The predicted octanol–water partition coefficient (Wildman–Crippen LogP) is -0.598. The van der Waals surface area contributed by atoms with Crippen LogP contribution in [-0.4, -0.2) is 44.0 Å². The molecule has 13 heavy (non-hydrogen) atoms. The fraction of sp³-hybridized carbons (Fsp3) is 0.889. The van der Waals surface area contributed by atoms with Gasteiger partial charge >= 0.3 is 0 Å². The highest BCUT2D eigenvalue weighted by atomic mass is 16.1. The second kappa shape index (κ2) is 4.58. The standard InChI is InChI=1S/C9H19N3O/c1-12(2)8(9(10)13)7-4-3-5-11-6-7/h7-8,11H,3-6H2,1-2H3,(H2,10,13)/t7-,8?/m0/s1. The van der Waals surface area contributed by atoms with Gasteiger partial charge in [0.05, 0.1) is 6.04 Å². The van der Waals surface area contributed by atoms with Gasteiger partial charge in [0, 0.05) is 0 Å². The average Bonchev–Trinajstić information content (AvgIpc) is 2.04. The van der Waals surface area contributed by atoms with Crippen molar-refractivity contribution >= 4 is 5.91 Å². The molecule has 1 amide bonds. The lowest BCUT2D eigenvalue weighted by Gasteiger charge is -2.32. The van der Waals surface area contributed by atoms with Gasteiger partial charge in [0.25, 0.3) is 0 Å². The molecule has 1 aliphatic rings. The highest BCUT2D eigenvalue weighted by molar-refractivity contribution is 5.80. The molecule has 4 heteroatoms. The van der Waals surface area contributed by atoms with Gasteiger partial charge in [-0.1, -0.05) is 0 Å². The predicted molar refractivity (Wildman–Crippen MR) is 52.3 cm³/mol. The van der Waals surface area contributed by atoms with Crippen molar-refractivity contribution < 1.29 is 4.79 Å². The second-order valence-corrected chi connectivity index (χ2v) is 3.92. The molecule has 0 aromatic heterocycles. The molecule has 1 heterocycles. The van der Waals surface area contributed by atoms with Crippen LogP contribution in [0.4, 0.5) is 0 Å². The summed E-state index contributed by atoms with van der Waals surface area (Å²) in [6, 6.07) is -0.118. The highest BCUT2D eigenvalue weighted by Crippen LogP contribution is 2.17. The number of rotatable bonds is 3. The fourth-order valence-electron chi connectivity index (χ4n) is 2.06. The van der Waals surface area contributed by atoms with E-state index in [0.29, 0.717) is 5.92 Å². The number of hydrogen-bond donors (Lipinski definition) is 2. The number of likely N-dealkylation sites (N-methyl/N-ethyl adjacent to an activating group) is 1. The minimum atomic E-state index is -0.210. The largest absolute Gasteiger partial charge is 0.368 e. The molecule has 1 aliphatic heterocycles. The minimum absolute atomic E-state index is 0.118. The monoisotopic (exact) mass is 185 g/mol. The van der Waals surface area contributed by atoms with Crippen LogP contribution in [0.15, 0.2) is 0 Å². The van der Waals surface area contributed by atoms with Gasteiger partial charge in [0.2, 0.25) is 5.91 Å². The molecule has 0 aromatic rings. The first kappa shape index (κ1) is 10.5. The Balaban J connectivity index is 2.57. The number of piperidine rings is 1. The third-order valence-electron chi connectivity index (χ3n) is 2.63. The molecule has 0 aromatic carbocycles. The SMILES string of the molecule is CN(C)C(C(N)=O)[C@H]1CCCNC1. The Labute approximate surface area is 79.5 Å². The summed E-state index contributed by atoms with van der Waals surface area (Å²) in [6.07, 6.45) is 2.24. The number of carbonyl (C=O) groups excluding carboxylic acids is 1. The zero-order chi connectivity index (χ0) is 9.84. The van der Waals surface area contributed by atoms with Crippen molar-refractivity contribution in [3.63, 3.8) is 0 Å². The number of hydrogen-bond acceptors (Lipinski definition) is 3. The molecule has 1 rings (SSSR count). The summed E-state index contributed by atoms with van der Waals surface area (Å²) in [7, 11) is 3.81. The zero-order valence-electron chi connectivity index (χ0n) is 8.42. The quantitative estimate of drug-likeness (QED) is 0.617. The molecule has 0 radical (unpaired) electrons. The third-order valence-corrected chi connectivity index (χ3v) is 2.63. The fourth-order valence-corrected chi connectivity index (χ4v) is 2.06. The molecule has 0 bridgehead atoms. The summed E-state index contributed by atoms with van der Waals surface area (Å²) in [4.78, 5) is 13.1. The molecule has 1 unspecified atom stereocenters. The summed E-state index contributed by atoms with van der Waals surface area (Å²) in [5.74, 6) is 0.167. The molecule has 0 saturated carbocycles. The number of nitrogens with one attached hydrogen (secondary N) is 1. The third kappa shape index (κ3) is 2.67.